The van der Waals surface area contributed by atoms with E-state index in [1.54, 1.807) is 0 Å². The van der Waals surface area contributed by atoms with Crippen LogP contribution in [-0.4, -0.2) is 9.65 Å². The topological polar surface area (TPSA) is 0 Å². The summed E-state index contributed by atoms with van der Waals surface area (Å²) in [5.41, 5.74) is 1.23. The third-order valence-corrected chi connectivity index (χ3v) is 13.8. The molecule has 0 radical (unpaired) electrons. The highest BCUT2D eigenvalue weighted by Crippen LogP contribution is 2.69. The summed E-state index contributed by atoms with van der Waals surface area (Å²) < 4.78 is 0. The fraction of sp³-hybridized carbons (Fsp3) is 1.00. The molecule has 29 heavy (non-hydrogen) atoms. The summed E-state index contributed by atoms with van der Waals surface area (Å²) >= 11 is 8.12. The predicted octanol–water partition coefficient (Wildman–Crippen LogP) is 9.24. The normalized spacial score (nSPS) is 50.7. The van der Waals surface area contributed by atoms with Crippen LogP contribution in [0.1, 0.15) is 105 Å². The zero-order chi connectivity index (χ0) is 21.0. The largest absolute Gasteiger partial charge is 0.0878 e. The van der Waals surface area contributed by atoms with E-state index in [9.17, 15) is 0 Å². The molecule has 4 aliphatic carbocycles. The number of hydrogen-bond donors (Lipinski definition) is 0. The van der Waals surface area contributed by atoms with Crippen LogP contribution in [0.25, 0.3) is 0 Å². The monoisotopic (exact) mass is 528 g/mol. The molecule has 4 saturated carbocycles. The van der Waals surface area contributed by atoms with Crippen molar-refractivity contribution in [2.45, 2.75) is 115 Å². The quantitative estimate of drug-likeness (QED) is 0.311. The number of halogens is 2. The van der Waals surface area contributed by atoms with Crippen LogP contribution in [-0.2, 0) is 0 Å². The Balaban J connectivity index is 1.48. The van der Waals surface area contributed by atoms with Gasteiger partial charge in [-0.3, -0.25) is 0 Å². The Morgan fingerprint density at radius 3 is 2.14 bits per heavy atom. The van der Waals surface area contributed by atoms with Gasteiger partial charge in [0.1, 0.15) is 0 Å². The number of hydrogen-bond acceptors (Lipinski definition) is 0. The van der Waals surface area contributed by atoms with E-state index >= 15 is 0 Å². The molecule has 4 aliphatic rings. The van der Waals surface area contributed by atoms with Gasteiger partial charge in [-0.05, 0) is 104 Å². The second kappa shape index (κ2) is 8.72. The number of rotatable bonds is 5. The van der Waals surface area contributed by atoms with Crippen LogP contribution in [0.4, 0.5) is 0 Å². The first-order valence-electron chi connectivity index (χ1n) is 13.0. The van der Waals surface area contributed by atoms with Gasteiger partial charge >= 0.3 is 0 Å². The average molecular weight is 530 g/mol. The van der Waals surface area contributed by atoms with Crippen molar-refractivity contribution in [3.05, 3.63) is 0 Å². The lowest BCUT2D eigenvalue weighted by Crippen LogP contribution is -2.56. The Morgan fingerprint density at radius 2 is 1.41 bits per heavy atom. The molecule has 0 amide bonds. The SMILES string of the molecule is CC(C)CCC[C@@H](C)C1CCC2C3CC[C@H]4C(Br)[C@H](Br)CCC4(C)C3CCC21C. The molecule has 0 aromatic rings. The molecule has 0 nitrogen and oxygen atoms in total. The summed E-state index contributed by atoms with van der Waals surface area (Å²) in [6.07, 6.45) is 16.2. The minimum absolute atomic E-state index is 0.587. The highest BCUT2D eigenvalue weighted by Gasteiger charge is 2.61. The fourth-order valence-corrected chi connectivity index (χ4v) is 11.0. The molecule has 4 fully saturated rings. The van der Waals surface area contributed by atoms with Gasteiger partial charge in [0.25, 0.3) is 0 Å². The highest BCUT2D eigenvalue weighted by molar-refractivity contribution is 9.12. The molecule has 0 spiro atoms. The molecule has 0 saturated heterocycles. The lowest BCUT2D eigenvalue weighted by molar-refractivity contribution is -0.111. The van der Waals surface area contributed by atoms with Crippen LogP contribution >= 0.6 is 31.9 Å². The summed E-state index contributed by atoms with van der Waals surface area (Å²) in [5, 5.41) is 0. The number of fused-ring (bicyclic) bond motifs is 5. The maximum atomic E-state index is 4.13. The van der Waals surface area contributed by atoms with Gasteiger partial charge < -0.3 is 0 Å². The Hall–Kier alpha value is 0.960. The van der Waals surface area contributed by atoms with Gasteiger partial charge in [-0.2, -0.15) is 0 Å². The first-order valence-corrected chi connectivity index (χ1v) is 14.8. The number of alkyl halides is 2. The molecule has 0 N–H and O–H groups in total. The molecular weight excluding hydrogens is 484 g/mol. The smallest absolute Gasteiger partial charge is 0.0304 e. The molecule has 0 aliphatic heterocycles. The predicted molar refractivity (Wildman–Crippen MR) is 134 cm³/mol. The van der Waals surface area contributed by atoms with Gasteiger partial charge in [0.15, 0.2) is 0 Å². The molecule has 0 aromatic heterocycles. The molecule has 0 aromatic carbocycles. The molecule has 7 unspecified atom stereocenters. The van der Waals surface area contributed by atoms with Crippen molar-refractivity contribution < 1.29 is 0 Å². The molecular formula is C27H46Br2. The van der Waals surface area contributed by atoms with Crippen molar-refractivity contribution in [2.24, 2.45) is 52.3 Å². The molecule has 10 atom stereocenters. The minimum atomic E-state index is 0.587. The van der Waals surface area contributed by atoms with Crippen LogP contribution in [0.3, 0.4) is 0 Å². The van der Waals surface area contributed by atoms with E-state index in [0.717, 1.165) is 41.4 Å². The first-order chi connectivity index (χ1) is 13.7. The summed E-state index contributed by atoms with van der Waals surface area (Å²) in [4.78, 5) is 1.38. The van der Waals surface area contributed by atoms with Crippen molar-refractivity contribution in [3.63, 3.8) is 0 Å². The standard InChI is InChI=1S/C27H46Br2/c1-17(2)7-6-8-18(3)20-11-12-21-19-9-10-23-25(29)24(28)14-16-27(23,5)22(19)13-15-26(20,21)4/h17-25H,6-16H2,1-5H3/t18-,19?,20?,21?,22?,23+,24-,25?,26?,27?/m1/s1. The van der Waals surface area contributed by atoms with Crippen molar-refractivity contribution in [3.8, 4) is 0 Å². The summed E-state index contributed by atoms with van der Waals surface area (Å²) in [6.45, 7) is 12.8. The van der Waals surface area contributed by atoms with E-state index in [2.05, 4.69) is 66.5 Å². The lowest BCUT2D eigenvalue weighted by atomic mass is 9.44. The maximum absolute atomic E-state index is 4.13. The Labute approximate surface area is 198 Å². The second-order valence-corrected chi connectivity index (χ2v) is 14.8. The first kappa shape index (κ1) is 23.1. The zero-order valence-corrected chi connectivity index (χ0v) is 22.9. The van der Waals surface area contributed by atoms with Crippen molar-refractivity contribution in [2.75, 3.05) is 0 Å². The summed E-state index contributed by atoms with van der Waals surface area (Å²) in [7, 11) is 0. The zero-order valence-electron chi connectivity index (χ0n) is 19.7. The third kappa shape index (κ3) is 3.95. The summed E-state index contributed by atoms with van der Waals surface area (Å²) in [6, 6.07) is 0. The van der Waals surface area contributed by atoms with E-state index < -0.39 is 0 Å². The van der Waals surface area contributed by atoms with E-state index in [0.29, 0.717) is 20.5 Å². The van der Waals surface area contributed by atoms with Crippen LogP contribution in [0.2, 0.25) is 0 Å². The Bertz CT molecular complexity index is 573. The molecule has 0 heterocycles. The molecule has 2 heteroatoms. The Morgan fingerprint density at radius 1 is 0.759 bits per heavy atom. The van der Waals surface area contributed by atoms with Gasteiger partial charge in [-0.15, -0.1) is 0 Å². The van der Waals surface area contributed by atoms with Crippen molar-refractivity contribution in [1.29, 1.82) is 0 Å². The van der Waals surface area contributed by atoms with Crippen molar-refractivity contribution >= 4 is 31.9 Å². The van der Waals surface area contributed by atoms with Crippen LogP contribution in [0, 0.1) is 52.3 Å². The van der Waals surface area contributed by atoms with Gasteiger partial charge in [-0.25, -0.2) is 0 Å². The van der Waals surface area contributed by atoms with Crippen LogP contribution in [0.5, 0.6) is 0 Å². The van der Waals surface area contributed by atoms with Gasteiger partial charge in [0.05, 0.1) is 0 Å². The van der Waals surface area contributed by atoms with Crippen LogP contribution < -0.4 is 0 Å². The van der Waals surface area contributed by atoms with E-state index in [-0.39, 0.29) is 0 Å². The average Bonchev–Trinajstić information content (AvgIpc) is 3.02. The van der Waals surface area contributed by atoms with E-state index in [1.807, 2.05) is 0 Å². The van der Waals surface area contributed by atoms with Gasteiger partial charge in [-0.1, -0.05) is 85.7 Å². The van der Waals surface area contributed by atoms with E-state index in [4.69, 9.17) is 0 Å². The highest BCUT2D eigenvalue weighted by atomic mass is 79.9. The van der Waals surface area contributed by atoms with Crippen LogP contribution in [0.15, 0.2) is 0 Å². The third-order valence-electron chi connectivity index (χ3n) is 10.8. The molecule has 4 rings (SSSR count). The maximum Gasteiger partial charge on any atom is 0.0304 e. The fourth-order valence-electron chi connectivity index (χ4n) is 9.26. The second-order valence-electron chi connectivity index (χ2n) is 12.6. The van der Waals surface area contributed by atoms with Crippen molar-refractivity contribution in [1.82, 2.24) is 0 Å². The lowest BCUT2D eigenvalue weighted by Gasteiger charge is -2.62. The van der Waals surface area contributed by atoms with Gasteiger partial charge in [0, 0.05) is 9.65 Å². The minimum Gasteiger partial charge on any atom is -0.0878 e. The Kier molecular flexibility index (Phi) is 6.95. The summed E-state index contributed by atoms with van der Waals surface area (Å²) in [5.74, 6) is 6.72. The molecule has 0 bridgehead atoms. The molecule has 168 valence electrons. The van der Waals surface area contributed by atoms with Gasteiger partial charge in [0.2, 0.25) is 0 Å². The van der Waals surface area contributed by atoms with E-state index in [1.165, 1.54) is 70.6 Å².